The van der Waals surface area contributed by atoms with Gasteiger partial charge in [0.25, 0.3) is 0 Å². The fraction of sp³-hybridized carbons (Fsp3) is 0.368. The largest absolute Gasteiger partial charge is 0.450 e. The van der Waals surface area contributed by atoms with E-state index in [0.29, 0.717) is 12.3 Å². The fourth-order valence-electron chi connectivity index (χ4n) is 2.02. The van der Waals surface area contributed by atoms with Crippen LogP contribution in [0.2, 0.25) is 0 Å². The number of allylic oxidation sites excluding steroid dienone is 2. The predicted molar refractivity (Wildman–Crippen MR) is 101 cm³/mol. The molecule has 5 nitrogen and oxygen atoms in total. The second kappa shape index (κ2) is 11.0. The van der Waals surface area contributed by atoms with Crippen molar-refractivity contribution in [1.29, 1.82) is 0 Å². The van der Waals surface area contributed by atoms with E-state index < -0.39 is 6.09 Å². The number of nitrogens with zero attached hydrogens (tertiary/aromatic N) is 1. The Balaban J connectivity index is 2.77. The van der Waals surface area contributed by atoms with Crippen LogP contribution in [0.15, 0.2) is 48.6 Å². The fourth-order valence-corrected chi connectivity index (χ4v) is 2.02. The molecule has 0 aliphatic carbocycles. The summed E-state index contributed by atoms with van der Waals surface area (Å²) in [6.07, 6.45) is 7.91. The molecule has 1 aromatic carbocycles. The highest BCUT2D eigenvalue weighted by Crippen LogP contribution is 2.14. The minimum absolute atomic E-state index is 0.355. The second-order valence-electron chi connectivity index (χ2n) is 5.18. The van der Waals surface area contributed by atoms with E-state index in [2.05, 4.69) is 34.3 Å². The number of anilines is 2. The highest BCUT2D eigenvalue weighted by molar-refractivity contribution is 5.90. The van der Waals surface area contributed by atoms with E-state index in [4.69, 9.17) is 4.74 Å². The Kier molecular flexibility index (Phi) is 8.97. The molecule has 0 saturated heterocycles. The summed E-state index contributed by atoms with van der Waals surface area (Å²) in [4.78, 5) is 11.4. The smallest absolute Gasteiger partial charge is 0.411 e. The molecule has 1 aromatic rings. The van der Waals surface area contributed by atoms with Gasteiger partial charge in [-0.3, -0.25) is 9.89 Å². The number of rotatable bonds is 7. The van der Waals surface area contributed by atoms with Gasteiger partial charge in [0.2, 0.25) is 5.84 Å². The van der Waals surface area contributed by atoms with Gasteiger partial charge in [-0.05, 0) is 57.2 Å². The van der Waals surface area contributed by atoms with Crippen molar-refractivity contribution < 1.29 is 14.1 Å². The van der Waals surface area contributed by atoms with Crippen LogP contribution >= 0.6 is 0 Å². The summed E-state index contributed by atoms with van der Waals surface area (Å²) in [5.74, 6) is 1.07. The van der Waals surface area contributed by atoms with E-state index in [9.17, 15) is 4.79 Å². The summed E-state index contributed by atoms with van der Waals surface area (Å²) in [6, 6.07) is 7.53. The van der Waals surface area contributed by atoms with E-state index >= 15 is 0 Å². The third kappa shape index (κ3) is 7.13. The molecule has 2 N–H and O–H groups in total. The van der Waals surface area contributed by atoms with E-state index in [0.717, 1.165) is 24.6 Å². The number of carbonyl (C=O) groups excluding carboxylic acids is 1. The van der Waals surface area contributed by atoms with Gasteiger partial charge in [-0.2, -0.15) is 0 Å². The highest BCUT2D eigenvalue weighted by Gasteiger charge is 2.08. The van der Waals surface area contributed by atoms with E-state index in [-0.39, 0.29) is 0 Å². The molecule has 0 bridgehead atoms. The Morgan fingerprint density at radius 1 is 1.04 bits per heavy atom. The number of hydrogen-bond donors (Lipinski definition) is 2. The molecule has 0 atom stereocenters. The van der Waals surface area contributed by atoms with Crippen molar-refractivity contribution in [2.45, 2.75) is 27.7 Å². The van der Waals surface area contributed by atoms with Crippen molar-refractivity contribution in [3.8, 4) is 0 Å². The van der Waals surface area contributed by atoms with Crippen molar-refractivity contribution in [1.82, 2.24) is 0 Å². The van der Waals surface area contributed by atoms with Crippen LogP contribution in [0.3, 0.4) is 0 Å². The first kappa shape index (κ1) is 19.5. The van der Waals surface area contributed by atoms with Crippen LogP contribution in [-0.2, 0) is 4.74 Å². The van der Waals surface area contributed by atoms with Gasteiger partial charge in [0.05, 0.1) is 6.61 Å². The van der Waals surface area contributed by atoms with Crippen LogP contribution in [0, 0.1) is 0 Å². The number of carbonyl (C=O) groups is 1. The molecule has 0 heterocycles. The van der Waals surface area contributed by atoms with Crippen molar-refractivity contribution in [3.63, 3.8) is 0 Å². The van der Waals surface area contributed by atoms with Crippen molar-refractivity contribution in [2.24, 2.45) is 0 Å². The lowest BCUT2D eigenvalue weighted by Crippen LogP contribution is -2.25. The maximum Gasteiger partial charge on any atom is 0.411 e. The lowest BCUT2D eigenvalue weighted by Gasteiger charge is -2.08. The standard InChI is InChI=1S/C19H27N3O2/c1-5-8-14-22(15-9-6-2)16(4)20-17-10-12-18(13-11-17)21-19(23)24-7-3/h5-6,8-13H,7,14-15H2,1-4H3,(H,21,23)/p+1/b8-5+,9-6+. The molecule has 1 amide bonds. The Bertz CT molecular complexity index is 586. The molecule has 0 unspecified atom stereocenters. The molecule has 0 fully saturated rings. The van der Waals surface area contributed by atoms with Crippen LogP contribution in [0.5, 0.6) is 0 Å². The van der Waals surface area contributed by atoms with Crippen LogP contribution in [0.4, 0.5) is 16.2 Å². The van der Waals surface area contributed by atoms with Gasteiger partial charge in [-0.1, -0.05) is 12.2 Å². The van der Waals surface area contributed by atoms with E-state index in [1.165, 1.54) is 0 Å². The zero-order valence-electron chi connectivity index (χ0n) is 15.0. The zero-order valence-corrected chi connectivity index (χ0v) is 15.0. The molecular formula is C19H28N3O2+. The molecule has 130 valence electrons. The summed E-state index contributed by atoms with van der Waals surface area (Å²) in [5, 5.41) is 6.07. The monoisotopic (exact) mass is 330 g/mol. The topological polar surface area (TPSA) is 53.4 Å². The summed E-state index contributed by atoms with van der Waals surface area (Å²) in [6.45, 7) is 9.92. The first-order chi connectivity index (χ1) is 11.6. The molecule has 0 aromatic heterocycles. The van der Waals surface area contributed by atoms with Gasteiger partial charge < -0.3 is 4.74 Å². The molecule has 0 spiro atoms. The van der Waals surface area contributed by atoms with Crippen LogP contribution in [0.1, 0.15) is 27.7 Å². The highest BCUT2D eigenvalue weighted by atomic mass is 16.5. The predicted octanol–water partition coefficient (Wildman–Crippen LogP) is 4.25. The molecule has 0 saturated carbocycles. The van der Waals surface area contributed by atoms with Crippen molar-refractivity contribution in [2.75, 3.05) is 30.3 Å². The zero-order chi connectivity index (χ0) is 17.8. The van der Waals surface area contributed by atoms with Crippen LogP contribution in [0.25, 0.3) is 0 Å². The SMILES string of the molecule is C/C=C/C[N+](C/C=C/C)=C(C)Nc1ccc(NC(=O)OCC)cc1. The second-order valence-corrected chi connectivity index (χ2v) is 5.18. The number of hydrogen-bond acceptors (Lipinski definition) is 2. The summed E-state index contributed by atoms with van der Waals surface area (Å²) in [5.41, 5.74) is 1.67. The van der Waals surface area contributed by atoms with Crippen LogP contribution in [-0.4, -0.2) is 36.2 Å². The molecule has 24 heavy (non-hydrogen) atoms. The van der Waals surface area contributed by atoms with Gasteiger partial charge >= 0.3 is 6.09 Å². The summed E-state index contributed by atoms with van der Waals surface area (Å²) in [7, 11) is 0. The third-order valence-electron chi connectivity index (χ3n) is 3.33. The molecule has 1 rings (SSSR count). The van der Waals surface area contributed by atoms with Gasteiger partial charge in [-0.25, -0.2) is 10.1 Å². The lowest BCUT2D eigenvalue weighted by molar-refractivity contribution is -0.507. The maximum atomic E-state index is 11.4. The maximum absolute atomic E-state index is 11.4. The van der Waals surface area contributed by atoms with Gasteiger partial charge in [0.1, 0.15) is 18.8 Å². The number of amidine groups is 1. The number of amides is 1. The molecule has 0 aliphatic rings. The minimum Gasteiger partial charge on any atom is -0.450 e. The molecule has 5 heteroatoms. The lowest BCUT2D eigenvalue weighted by atomic mass is 10.3. The molecule has 0 aliphatic heterocycles. The van der Waals surface area contributed by atoms with Crippen LogP contribution < -0.4 is 10.6 Å². The van der Waals surface area contributed by atoms with Crippen molar-refractivity contribution in [3.05, 3.63) is 48.6 Å². The first-order valence-electron chi connectivity index (χ1n) is 8.22. The normalized spacial score (nSPS) is 10.8. The Hall–Kier alpha value is -2.56. The summed E-state index contributed by atoms with van der Waals surface area (Å²) >= 11 is 0. The molecular weight excluding hydrogens is 302 g/mol. The quantitative estimate of drug-likeness (QED) is 0.340. The van der Waals surface area contributed by atoms with Gasteiger partial charge in [-0.15, -0.1) is 0 Å². The average Bonchev–Trinajstić information content (AvgIpc) is 2.57. The first-order valence-corrected chi connectivity index (χ1v) is 8.22. The van der Waals surface area contributed by atoms with Gasteiger partial charge in [0.15, 0.2) is 0 Å². The van der Waals surface area contributed by atoms with E-state index in [1.54, 1.807) is 6.92 Å². The van der Waals surface area contributed by atoms with Gasteiger partial charge in [0, 0.05) is 12.6 Å². The number of benzene rings is 1. The number of ether oxygens (including phenoxy) is 1. The molecule has 0 radical (unpaired) electrons. The van der Waals surface area contributed by atoms with Crippen molar-refractivity contribution >= 4 is 23.3 Å². The Morgan fingerprint density at radius 3 is 2.00 bits per heavy atom. The Morgan fingerprint density at radius 2 is 1.54 bits per heavy atom. The average molecular weight is 330 g/mol. The Labute approximate surface area is 144 Å². The summed E-state index contributed by atoms with van der Waals surface area (Å²) < 4.78 is 7.10. The minimum atomic E-state index is -0.440. The third-order valence-corrected chi connectivity index (χ3v) is 3.33. The number of nitrogens with one attached hydrogen (secondary N) is 2. The van der Waals surface area contributed by atoms with E-state index in [1.807, 2.05) is 50.3 Å².